The number of hydrogen-bond acceptors (Lipinski definition) is 8. The van der Waals surface area contributed by atoms with Crippen LogP contribution in [-0.4, -0.2) is 61.4 Å². The van der Waals surface area contributed by atoms with E-state index in [1.165, 1.54) is 18.5 Å². The molecule has 0 radical (unpaired) electrons. The van der Waals surface area contributed by atoms with Crippen molar-refractivity contribution < 1.29 is 18.0 Å². The first-order chi connectivity index (χ1) is 22.1. The molecule has 10 nitrogen and oxygen atoms in total. The summed E-state index contributed by atoms with van der Waals surface area (Å²) >= 11 is 0. The van der Waals surface area contributed by atoms with Crippen molar-refractivity contribution in [1.82, 2.24) is 29.8 Å². The summed E-state index contributed by atoms with van der Waals surface area (Å²) in [5.41, 5.74) is 2.04. The second-order valence-corrected chi connectivity index (χ2v) is 10.8. The zero-order valence-corrected chi connectivity index (χ0v) is 26.1. The van der Waals surface area contributed by atoms with Gasteiger partial charge in [-0.25, -0.2) is 15.0 Å². The van der Waals surface area contributed by atoms with Crippen LogP contribution in [0.5, 0.6) is 0 Å². The van der Waals surface area contributed by atoms with E-state index < -0.39 is 17.6 Å². The third-order valence-electron chi connectivity index (χ3n) is 7.72. The molecule has 0 saturated heterocycles. The van der Waals surface area contributed by atoms with Crippen molar-refractivity contribution in [2.24, 2.45) is 0 Å². The Hall–Kier alpha value is -5.04. The molecular formula is C33H36F3N9O. The predicted molar refractivity (Wildman–Crippen MR) is 174 cm³/mol. The number of likely N-dealkylation sites (N-methyl/N-ethyl adjacent to an activating group) is 1. The van der Waals surface area contributed by atoms with Gasteiger partial charge in [-0.1, -0.05) is 32.9 Å². The number of aromatic amines is 1. The second kappa shape index (κ2) is 13.9. The number of nitrogens with one attached hydrogen (secondary N) is 3. The number of alkyl halides is 3. The Labute approximate surface area is 265 Å². The largest absolute Gasteiger partial charge is 0.416 e. The minimum Gasteiger partial charge on any atom is -0.366 e. The van der Waals surface area contributed by atoms with Gasteiger partial charge in [0.05, 0.1) is 16.8 Å². The zero-order chi connectivity index (χ0) is 32.8. The number of carbonyl (C=O) groups excluding carboxylic acids is 1. The monoisotopic (exact) mass is 631 g/mol. The number of halogens is 3. The van der Waals surface area contributed by atoms with E-state index in [-0.39, 0.29) is 11.6 Å². The molecule has 2 aromatic carbocycles. The number of imidazole rings is 1. The Morgan fingerprint density at radius 2 is 1.78 bits per heavy atom. The van der Waals surface area contributed by atoms with Crippen LogP contribution in [0.2, 0.25) is 0 Å². The number of nitrogens with zero attached hydrogens (tertiary/aromatic N) is 6. The van der Waals surface area contributed by atoms with E-state index in [4.69, 9.17) is 4.98 Å². The van der Waals surface area contributed by atoms with Gasteiger partial charge >= 0.3 is 6.18 Å². The fourth-order valence-electron chi connectivity index (χ4n) is 5.08. The Morgan fingerprint density at radius 3 is 2.50 bits per heavy atom. The van der Waals surface area contributed by atoms with E-state index in [1.54, 1.807) is 29.3 Å². The molecule has 3 N–H and O–H groups in total. The van der Waals surface area contributed by atoms with Crippen molar-refractivity contribution in [2.45, 2.75) is 46.3 Å². The SMILES string of the molecule is CCC(CN(CC)CC)Nc1cc(N(c2nc3ncccc3[nH]2)c2cc(NC(=O)c3cccc(C(F)(F)F)c3)ccc2C)ncn1. The molecule has 0 spiro atoms. The molecule has 0 aliphatic rings. The molecule has 0 saturated carbocycles. The number of fused-ring (bicyclic) bond motifs is 1. The average molecular weight is 632 g/mol. The van der Waals surface area contributed by atoms with Gasteiger partial charge < -0.3 is 20.5 Å². The molecule has 3 aromatic heterocycles. The Kier molecular flexibility index (Phi) is 9.81. The normalized spacial score (nSPS) is 12.3. The first-order valence-electron chi connectivity index (χ1n) is 15.1. The molecule has 3 heterocycles. The molecule has 0 bridgehead atoms. The van der Waals surface area contributed by atoms with Crippen LogP contribution in [0.25, 0.3) is 11.2 Å². The van der Waals surface area contributed by atoms with E-state index in [1.807, 2.05) is 25.1 Å². The number of benzene rings is 2. The molecule has 13 heteroatoms. The number of hydrogen-bond donors (Lipinski definition) is 3. The van der Waals surface area contributed by atoms with Crippen LogP contribution in [0.15, 0.2) is 73.2 Å². The molecule has 1 amide bonds. The average Bonchev–Trinajstić information content (AvgIpc) is 3.48. The predicted octanol–water partition coefficient (Wildman–Crippen LogP) is 7.33. The molecule has 0 fully saturated rings. The molecule has 46 heavy (non-hydrogen) atoms. The van der Waals surface area contributed by atoms with Crippen molar-refractivity contribution in [1.29, 1.82) is 0 Å². The molecule has 240 valence electrons. The summed E-state index contributed by atoms with van der Waals surface area (Å²) in [6.07, 6.45) is -0.547. The van der Waals surface area contributed by atoms with Crippen LogP contribution in [0.1, 0.15) is 48.7 Å². The van der Waals surface area contributed by atoms with E-state index in [0.29, 0.717) is 40.1 Å². The summed E-state index contributed by atoms with van der Waals surface area (Å²) in [7, 11) is 0. The van der Waals surface area contributed by atoms with E-state index in [9.17, 15) is 18.0 Å². The summed E-state index contributed by atoms with van der Waals surface area (Å²) in [5, 5.41) is 6.28. The number of H-pyrrole nitrogens is 1. The molecule has 0 aliphatic carbocycles. The van der Waals surface area contributed by atoms with Crippen LogP contribution in [0, 0.1) is 6.92 Å². The highest BCUT2D eigenvalue weighted by Crippen LogP contribution is 2.37. The van der Waals surface area contributed by atoms with Crippen molar-refractivity contribution in [3.63, 3.8) is 0 Å². The van der Waals surface area contributed by atoms with Gasteiger partial charge in [0.25, 0.3) is 5.91 Å². The third kappa shape index (κ3) is 7.42. The number of aryl methyl sites for hydroxylation is 1. The third-order valence-corrected chi connectivity index (χ3v) is 7.72. The van der Waals surface area contributed by atoms with Crippen molar-refractivity contribution in [2.75, 3.05) is 35.2 Å². The van der Waals surface area contributed by atoms with Gasteiger partial charge in [-0.15, -0.1) is 0 Å². The zero-order valence-electron chi connectivity index (χ0n) is 26.1. The van der Waals surface area contributed by atoms with Gasteiger partial charge in [0, 0.05) is 36.1 Å². The Bertz CT molecular complexity index is 1770. The summed E-state index contributed by atoms with van der Waals surface area (Å²) in [5.74, 6) is 0.888. The van der Waals surface area contributed by atoms with E-state index >= 15 is 0 Å². The van der Waals surface area contributed by atoms with Gasteiger partial charge in [0.15, 0.2) is 5.65 Å². The molecule has 1 atom stereocenters. The van der Waals surface area contributed by atoms with Gasteiger partial charge in [0.2, 0.25) is 5.95 Å². The van der Waals surface area contributed by atoms with Crippen LogP contribution in [-0.2, 0) is 6.18 Å². The number of aromatic nitrogens is 5. The number of rotatable bonds is 12. The topological polar surface area (TPSA) is 115 Å². The number of amides is 1. The minimum absolute atomic E-state index is 0.112. The summed E-state index contributed by atoms with van der Waals surface area (Å²) in [6.45, 7) is 11.0. The first kappa shape index (κ1) is 32.4. The Morgan fingerprint density at radius 1 is 0.978 bits per heavy atom. The van der Waals surface area contributed by atoms with E-state index in [0.717, 1.165) is 43.8 Å². The summed E-state index contributed by atoms with van der Waals surface area (Å²) in [4.78, 5) is 38.7. The summed E-state index contributed by atoms with van der Waals surface area (Å²) in [6, 6.07) is 15.2. The fraction of sp³-hybridized carbons (Fsp3) is 0.303. The smallest absolute Gasteiger partial charge is 0.366 e. The fourth-order valence-corrected chi connectivity index (χ4v) is 5.08. The maximum absolute atomic E-state index is 13.3. The highest BCUT2D eigenvalue weighted by Gasteiger charge is 2.31. The molecule has 1 unspecified atom stereocenters. The van der Waals surface area contributed by atoms with Crippen molar-refractivity contribution in [3.8, 4) is 0 Å². The lowest BCUT2D eigenvalue weighted by atomic mass is 10.1. The molecule has 5 aromatic rings. The maximum atomic E-state index is 13.3. The molecule has 0 aliphatic heterocycles. The lowest BCUT2D eigenvalue weighted by Gasteiger charge is -2.27. The number of anilines is 5. The molecular weight excluding hydrogens is 595 g/mol. The second-order valence-electron chi connectivity index (χ2n) is 10.8. The van der Waals surface area contributed by atoms with Crippen molar-refractivity contribution >= 4 is 46.0 Å². The van der Waals surface area contributed by atoms with Crippen molar-refractivity contribution in [3.05, 3.63) is 89.9 Å². The maximum Gasteiger partial charge on any atom is 0.416 e. The quantitative estimate of drug-likeness (QED) is 0.131. The van der Waals surface area contributed by atoms with Gasteiger partial charge in [-0.3, -0.25) is 9.69 Å². The standard InChI is InChI=1S/C33H36F3N9O/c1-5-24(19-44(6-2)7-3)40-28-18-29(39-20-38-28)45(32-42-26-12-9-15-37-30(26)43-32)27-17-25(14-13-21(27)4)41-31(46)22-10-8-11-23(16-22)33(34,35)36/h8-18,20,24H,5-7,19H2,1-4H3,(H,41,46)(H,37,42,43)(H,38,39,40). The van der Waals surface area contributed by atoms with Gasteiger partial charge in [-0.2, -0.15) is 18.2 Å². The molecule has 5 rings (SSSR count). The van der Waals surface area contributed by atoms with Crippen LogP contribution >= 0.6 is 0 Å². The Balaban J connectivity index is 1.52. The number of pyridine rings is 1. The van der Waals surface area contributed by atoms with Crippen LogP contribution in [0.4, 0.5) is 42.1 Å². The highest BCUT2D eigenvalue weighted by atomic mass is 19.4. The van der Waals surface area contributed by atoms with Gasteiger partial charge in [-0.05, 0) is 74.5 Å². The minimum atomic E-state index is -4.57. The first-order valence-corrected chi connectivity index (χ1v) is 15.1. The lowest BCUT2D eigenvalue weighted by molar-refractivity contribution is -0.137. The highest BCUT2D eigenvalue weighted by molar-refractivity contribution is 6.04. The van der Waals surface area contributed by atoms with Gasteiger partial charge in [0.1, 0.15) is 18.0 Å². The van der Waals surface area contributed by atoms with Crippen LogP contribution < -0.4 is 15.5 Å². The lowest BCUT2D eigenvalue weighted by Crippen LogP contribution is -2.36. The summed E-state index contributed by atoms with van der Waals surface area (Å²) < 4.78 is 39.8. The van der Waals surface area contributed by atoms with Crippen LogP contribution in [0.3, 0.4) is 0 Å². The number of carbonyl (C=O) groups is 1. The van der Waals surface area contributed by atoms with E-state index in [2.05, 4.69) is 56.2 Å².